The largest absolute Gasteiger partial charge is 0.383 e. The van der Waals surface area contributed by atoms with Crippen molar-refractivity contribution < 1.29 is 9.90 Å². The van der Waals surface area contributed by atoms with E-state index in [1.54, 1.807) is 18.2 Å². The molecule has 1 amide bonds. The van der Waals surface area contributed by atoms with E-state index in [2.05, 4.69) is 10.5 Å². The van der Waals surface area contributed by atoms with Crippen LogP contribution in [0.1, 0.15) is 12.5 Å². The van der Waals surface area contributed by atoms with E-state index in [0.717, 1.165) is 0 Å². The number of aliphatic hydroxyl groups is 1. The fourth-order valence-electron chi connectivity index (χ4n) is 0.839. The number of hydrogen-bond donors (Lipinski definition) is 2. The molecule has 80 valence electrons. The van der Waals surface area contributed by atoms with Gasteiger partial charge in [-0.3, -0.25) is 4.79 Å². The highest BCUT2D eigenvalue weighted by Gasteiger charge is 2.05. The topological polar surface area (TPSA) is 61.7 Å². The number of hydrazone groups is 1. The number of halogens is 1. The van der Waals surface area contributed by atoms with Gasteiger partial charge in [0.05, 0.1) is 6.21 Å². The Morgan fingerprint density at radius 3 is 2.87 bits per heavy atom. The van der Waals surface area contributed by atoms with Crippen LogP contribution in [-0.2, 0) is 4.79 Å². The molecule has 0 unspecified atom stereocenters. The van der Waals surface area contributed by atoms with Crippen molar-refractivity contribution >= 4 is 23.7 Å². The second-order valence-corrected chi connectivity index (χ2v) is 3.34. The minimum absolute atomic E-state index is 0.549. The summed E-state index contributed by atoms with van der Waals surface area (Å²) in [7, 11) is 0. The van der Waals surface area contributed by atoms with Crippen LogP contribution in [0.25, 0.3) is 0 Å². The third kappa shape index (κ3) is 3.69. The summed E-state index contributed by atoms with van der Waals surface area (Å²) in [5, 5.41) is 13.1. The number of aliphatic hydroxyl groups excluding tert-OH is 1. The quantitative estimate of drug-likeness (QED) is 0.600. The predicted molar refractivity (Wildman–Crippen MR) is 58.9 cm³/mol. The molecule has 0 aliphatic carbocycles. The summed E-state index contributed by atoms with van der Waals surface area (Å²) in [4.78, 5) is 10.9. The Balaban J connectivity index is 2.59. The van der Waals surface area contributed by atoms with Gasteiger partial charge in [0.1, 0.15) is 6.10 Å². The molecule has 0 heterocycles. The number of carbonyl (C=O) groups is 1. The second-order valence-electron chi connectivity index (χ2n) is 2.93. The van der Waals surface area contributed by atoms with E-state index in [9.17, 15) is 4.79 Å². The van der Waals surface area contributed by atoms with Gasteiger partial charge >= 0.3 is 0 Å². The summed E-state index contributed by atoms with van der Waals surface area (Å²) in [6.45, 7) is 1.36. The highest BCUT2D eigenvalue weighted by molar-refractivity contribution is 6.33. The van der Waals surface area contributed by atoms with E-state index in [4.69, 9.17) is 16.7 Å². The molecule has 0 aliphatic heterocycles. The molecule has 1 atom stereocenters. The lowest BCUT2D eigenvalue weighted by Crippen LogP contribution is -2.28. The lowest BCUT2D eigenvalue weighted by molar-refractivity contribution is -0.128. The van der Waals surface area contributed by atoms with Gasteiger partial charge in [0.25, 0.3) is 5.91 Å². The van der Waals surface area contributed by atoms with Crippen LogP contribution in [0.4, 0.5) is 0 Å². The van der Waals surface area contributed by atoms with Crippen molar-refractivity contribution in [1.82, 2.24) is 5.43 Å². The third-order valence-electron chi connectivity index (χ3n) is 1.66. The van der Waals surface area contributed by atoms with Gasteiger partial charge in [-0.1, -0.05) is 29.8 Å². The fraction of sp³-hybridized carbons (Fsp3) is 0.200. The number of amides is 1. The van der Waals surface area contributed by atoms with Gasteiger partial charge in [-0.05, 0) is 13.0 Å². The number of nitrogens with one attached hydrogen (secondary N) is 1. The molecule has 0 spiro atoms. The average molecular weight is 227 g/mol. The molecule has 2 N–H and O–H groups in total. The summed E-state index contributed by atoms with van der Waals surface area (Å²) in [6, 6.07) is 7.09. The molecule has 0 saturated heterocycles. The average Bonchev–Trinajstić information content (AvgIpc) is 2.20. The van der Waals surface area contributed by atoms with Crippen LogP contribution in [0, 0.1) is 0 Å². The SMILES string of the molecule is C[C@@H](O)C(=O)N/N=C\c1ccccc1Cl. The molecule has 1 aromatic rings. The minimum Gasteiger partial charge on any atom is -0.383 e. The Kier molecular flexibility index (Phi) is 4.27. The van der Waals surface area contributed by atoms with Crippen molar-refractivity contribution in [2.75, 3.05) is 0 Å². The molecule has 0 aliphatic rings. The number of carbonyl (C=O) groups excluding carboxylic acids is 1. The number of hydrogen-bond acceptors (Lipinski definition) is 3. The van der Waals surface area contributed by atoms with Crippen LogP contribution in [0.2, 0.25) is 5.02 Å². The van der Waals surface area contributed by atoms with Crippen molar-refractivity contribution in [3.63, 3.8) is 0 Å². The van der Waals surface area contributed by atoms with Crippen molar-refractivity contribution in [3.8, 4) is 0 Å². The first-order valence-corrected chi connectivity index (χ1v) is 4.74. The molecular weight excluding hydrogens is 216 g/mol. The van der Waals surface area contributed by atoms with E-state index in [1.165, 1.54) is 13.1 Å². The zero-order valence-corrected chi connectivity index (χ0v) is 8.90. The molecule has 0 aromatic heterocycles. The van der Waals surface area contributed by atoms with Crippen molar-refractivity contribution in [2.45, 2.75) is 13.0 Å². The van der Waals surface area contributed by atoms with E-state index in [1.807, 2.05) is 6.07 Å². The molecule has 15 heavy (non-hydrogen) atoms. The molecule has 1 rings (SSSR count). The molecule has 0 bridgehead atoms. The van der Waals surface area contributed by atoms with Crippen LogP contribution in [-0.4, -0.2) is 23.3 Å². The number of nitrogens with zero attached hydrogens (tertiary/aromatic N) is 1. The summed E-state index contributed by atoms with van der Waals surface area (Å²) in [5.41, 5.74) is 2.88. The Labute approximate surface area is 92.6 Å². The summed E-state index contributed by atoms with van der Waals surface area (Å²) < 4.78 is 0. The molecule has 5 heteroatoms. The molecule has 1 aromatic carbocycles. The van der Waals surface area contributed by atoms with Gasteiger partial charge in [0, 0.05) is 10.6 Å². The Bertz CT molecular complexity index is 377. The standard InChI is InChI=1S/C10H11ClN2O2/c1-7(14)10(15)13-12-6-8-4-2-3-5-9(8)11/h2-7,14H,1H3,(H,13,15)/b12-6-/t7-/m1/s1. The van der Waals surface area contributed by atoms with Crippen molar-refractivity contribution in [3.05, 3.63) is 34.9 Å². The zero-order chi connectivity index (χ0) is 11.3. The third-order valence-corrected chi connectivity index (χ3v) is 2.01. The van der Waals surface area contributed by atoms with Crippen LogP contribution in [0.15, 0.2) is 29.4 Å². The second kappa shape index (κ2) is 5.48. The van der Waals surface area contributed by atoms with E-state index in [-0.39, 0.29) is 0 Å². The predicted octanol–water partition coefficient (Wildman–Crippen LogP) is 1.17. The molecule has 4 nitrogen and oxygen atoms in total. The Morgan fingerprint density at radius 1 is 1.60 bits per heavy atom. The van der Waals surface area contributed by atoms with Gasteiger partial charge in [-0.2, -0.15) is 5.10 Å². The molecule has 0 fully saturated rings. The lowest BCUT2D eigenvalue weighted by Gasteiger charge is -2.01. The van der Waals surface area contributed by atoms with Gasteiger partial charge < -0.3 is 5.11 Å². The summed E-state index contributed by atoms with van der Waals surface area (Å²) in [5.74, 6) is -0.557. The molecule has 0 radical (unpaired) electrons. The number of benzene rings is 1. The summed E-state index contributed by atoms with van der Waals surface area (Å²) in [6.07, 6.45) is 0.344. The maximum absolute atomic E-state index is 10.9. The minimum atomic E-state index is -1.08. The van der Waals surface area contributed by atoms with Crippen LogP contribution >= 0.6 is 11.6 Å². The Morgan fingerprint density at radius 2 is 2.27 bits per heavy atom. The summed E-state index contributed by atoms with van der Waals surface area (Å²) >= 11 is 5.85. The smallest absolute Gasteiger partial charge is 0.268 e. The highest BCUT2D eigenvalue weighted by Crippen LogP contribution is 2.11. The van der Waals surface area contributed by atoms with Gasteiger partial charge in [0.2, 0.25) is 0 Å². The Hall–Kier alpha value is -1.39. The van der Waals surface area contributed by atoms with Gasteiger partial charge in [0.15, 0.2) is 0 Å². The zero-order valence-electron chi connectivity index (χ0n) is 8.14. The van der Waals surface area contributed by atoms with Crippen molar-refractivity contribution in [2.24, 2.45) is 5.10 Å². The lowest BCUT2D eigenvalue weighted by atomic mass is 10.2. The normalized spacial score (nSPS) is 12.7. The first kappa shape index (κ1) is 11.7. The maximum atomic E-state index is 10.9. The monoisotopic (exact) mass is 226 g/mol. The van der Waals surface area contributed by atoms with Crippen molar-refractivity contribution in [1.29, 1.82) is 0 Å². The van der Waals surface area contributed by atoms with Crippen LogP contribution in [0.3, 0.4) is 0 Å². The molecular formula is C10H11ClN2O2. The highest BCUT2D eigenvalue weighted by atomic mass is 35.5. The van der Waals surface area contributed by atoms with Crippen LogP contribution in [0.5, 0.6) is 0 Å². The number of rotatable bonds is 3. The van der Waals surface area contributed by atoms with E-state index < -0.39 is 12.0 Å². The van der Waals surface area contributed by atoms with E-state index in [0.29, 0.717) is 10.6 Å². The van der Waals surface area contributed by atoms with E-state index >= 15 is 0 Å². The molecule has 0 saturated carbocycles. The van der Waals surface area contributed by atoms with Crippen LogP contribution < -0.4 is 5.43 Å². The van der Waals surface area contributed by atoms with Gasteiger partial charge in [-0.15, -0.1) is 0 Å². The first-order chi connectivity index (χ1) is 7.11. The fourth-order valence-corrected chi connectivity index (χ4v) is 1.02. The first-order valence-electron chi connectivity index (χ1n) is 4.37. The maximum Gasteiger partial charge on any atom is 0.268 e. The van der Waals surface area contributed by atoms with Gasteiger partial charge in [-0.25, -0.2) is 5.43 Å².